The summed E-state index contributed by atoms with van der Waals surface area (Å²) in [5, 5.41) is 3.84. The molecule has 0 unspecified atom stereocenters. The van der Waals surface area contributed by atoms with Crippen LogP contribution < -0.4 is 4.74 Å². The molecule has 120 valence electrons. The fourth-order valence-electron chi connectivity index (χ4n) is 2.65. The maximum Gasteiger partial charge on any atom is 0.310 e. The van der Waals surface area contributed by atoms with Gasteiger partial charge in [0.05, 0.1) is 25.9 Å². The Balaban J connectivity index is 2.03. The van der Waals surface area contributed by atoms with E-state index in [1.807, 2.05) is 30.3 Å². The maximum absolute atomic E-state index is 11.8. The Kier molecular flexibility index (Phi) is 4.86. The van der Waals surface area contributed by atoms with Crippen molar-refractivity contribution in [3.8, 4) is 5.75 Å². The molecule has 0 saturated heterocycles. The SMILES string of the molecule is CCOC(=O)Cc1coc2ccc3cc(OCCBr)ccc3c12. The molecule has 1 heterocycles. The molecular weight excluding hydrogens is 360 g/mol. The van der Waals surface area contributed by atoms with Crippen LogP contribution in [0.1, 0.15) is 12.5 Å². The van der Waals surface area contributed by atoms with Crippen LogP contribution in [0.5, 0.6) is 5.75 Å². The third kappa shape index (κ3) is 3.34. The van der Waals surface area contributed by atoms with Gasteiger partial charge >= 0.3 is 5.97 Å². The topological polar surface area (TPSA) is 48.7 Å². The molecule has 0 amide bonds. The Bertz CT molecular complexity index is 838. The number of carbonyl (C=O) groups is 1. The lowest BCUT2D eigenvalue weighted by Gasteiger charge is -2.07. The fourth-order valence-corrected chi connectivity index (χ4v) is 2.82. The first-order chi connectivity index (χ1) is 11.2. The summed E-state index contributed by atoms with van der Waals surface area (Å²) in [6.07, 6.45) is 1.85. The monoisotopic (exact) mass is 376 g/mol. The van der Waals surface area contributed by atoms with Crippen LogP contribution in [0.25, 0.3) is 21.7 Å². The quantitative estimate of drug-likeness (QED) is 0.470. The zero-order chi connectivity index (χ0) is 16.2. The summed E-state index contributed by atoms with van der Waals surface area (Å²) >= 11 is 3.35. The molecule has 0 fully saturated rings. The molecule has 23 heavy (non-hydrogen) atoms. The highest BCUT2D eigenvalue weighted by Crippen LogP contribution is 2.32. The number of hydrogen-bond donors (Lipinski definition) is 0. The van der Waals surface area contributed by atoms with E-state index in [1.165, 1.54) is 0 Å². The van der Waals surface area contributed by atoms with E-state index in [0.717, 1.165) is 38.4 Å². The van der Waals surface area contributed by atoms with E-state index in [0.29, 0.717) is 13.2 Å². The molecular formula is C18H17BrO4. The van der Waals surface area contributed by atoms with Gasteiger partial charge in [-0.1, -0.05) is 22.0 Å². The summed E-state index contributed by atoms with van der Waals surface area (Å²) in [5.74, 6) is 0.580. The number of ether oxygens (including phenoxy) is 2. The van der Waals surface area contributed by atoms with Gasteiger partial charge in [0.1, 0.15) is 11.3 Å². The maximum atomic E-state index is 11.8. The molecule has 0 aliphatic carbocycles. The molecule has 0 N–H and O–H groups in total. The minimum Gasteiger partial charge on any atom is -0.493 e. The van der Waals surface area contributed by atoms with Gasteiger partial charge in [0.2, 0.25) is 0 Å². The van der Waals surface area contributed by atoms with Gasteiger partial charge in [-0.2, -0.15) is 0 Å². The molecule has 0 atom stereocenters. The number of benzene rings is 2. The number of hydrogen-bond acceptors (Lipinski definition) is 4. The minimum absolute atomic E-state index is 0.210. The van der Waals surface area contributed by atoms with Crippen molar-refractivity contribution in [3.05, 3.63) is 42.2 Å². The predicted octanol–water partition coefficient (Wildman–Crippen LogP) is 4.47. The van der Waals surface area contributed by atoms with Gasteiger partial charge in [-0.05, 0) is 42.0 Å². The third-order valence-corrected chi connectivity index (χ3v) is 3.91. The highest BCUT2D eigenvalue weighted by atomic mass is 79.9. The second kappa shape index (κ2) is 7.04. The number of fused-ring (bicyclic) bond motifs is 3. The first kappa shape index (κ1) is 15.9. The van der Waals surface area contributed by atoms with E-state index in [4.69, 9.17) is 13.9 Å². The first-order valence-corrected chi connectivity index (χ1v) is 8.62. The van der Waals surface area contributed by atoms with Gasteiger partial charge in [0.25, 0.3) is 0 Å². The molecule has 5 heteroatoms. The van der Waals surface area contributed by atoms with Crippen molar-refractivity contribution in [1.29, 1.82) is 0 Å². The fraction of sp³-hybridized carbons (Fsp3) is 0.278. The van der Waals surface area contributed by atoms with E-state index >= 15 is 0 Å². The first-order valence-electron chi connectivity index (χ1n) is 7.50. The summed E-state index contributed by atoms with van der Waals surface area (Å²) < 4.78 is 16.3. The Morgan fingerprint density at radius 2 is 2.13 bits per heavy atom. The lowest BCUT2D eigenvalue weighted by molar-refractivity contribution is -0.142. The van der Waals surface area contributed by atoms with Crippen molar-refractivity contribution >= 4 is 43.6 Å². The van der Waals surface area contributed by atoms with Gasteiger partial charge in [-0.15, -0.1) is 0 Å². The standard InChI is InChI=1S/C18H17BrO4/c1-2-21-17(20)10-13-11-23-16-6-3-12-9-14(22-8-7-19)4-5-15(12)18(13)16/h3-6,9,11H,2,7-8,10H2,1H3. The van der Waals surface area contributed by atoms with Gasteiger partial charge in [0, 0.05) is 16.3 Å². The number of rotatable bonds is 6. The third-order valence-electron chi connectivity index (χ3n) is 3.59. The van der Waals surface area contributed by atoms with Crippen LogP contribution in [0.2, 0.25) is 0 Å². The van der Waals surface area contributed by atoms with Gasteiger partial charge in [-0.25, -0.2) is 0 Å². The summed E-state index contributed by atoms with van der Waals surface area (Å²) in [4.78, 5) is 11.8. The van der Waals surface area contributed by atoms with E-state index in [2.05, 4.69) is 15.9 Å². The van der Waals surface area contributed by atoms with Crippen molar-refractivity contribution in [2.45, 2.75) is 13.3 Å². The summed E-state index contributed by atoms with van der Waals surface area (Å²) in [6, 6.07) is 9.85. The highest BCUT2D eigenvalue weighted by Gasteiger charge is 2.14. The normalized spacial score (nSPS) is 11.0. The molecule has 0 aliphatic rings. The minimum atomic E-state index is -0.246. The molecule has 0 saturated carbocycles. The van der Waals surface area contributed by atoms with Crippen LogP contribution in [0, 0.1) is 0 Å². The van der Waals surface area contributed by atoms with Crippen molar-refractivity contribution in [1.82, 2.24) is 0 Å². The number of alkyl halides is 1. The van der Waals surface area contributed by atoms with Crippen molar-refractivity contribution in [3.63, 3.8) is 0 Å². The average Bonchev–Trinajstić information content (AvgIpc) is 2.96. The zero-order valence-corrected chi connectivity index (χ0v) is 14.4. The Morgan fingerprint density at radius 3 is 2.91 bits per heavy atom. The average molecular weight is 377 g/mol. The smallest absolute Gasteiger partial charge is 0.310 e. The molecule has 1 aromatic heterocycles. The van der Waals surface area contributed by atoms with Crippen molar-refractivity contribution < 1.29 is 18.7 Å². The van der Waals surface area contributed by atoms with Crippen molar-refractivity contribution in [2.75, 3.05) is 18.5 Å². The molecule has 2 aromatic carbocycles. The van der Waals surface area contributed by atoms with Crippen molar-refractivity contribution in [2.24, 2.45) is 0 Å². The Hall–Kier alpha value is -2.01. The van der Waals surface area contributed by atoms with E-state index in [-0.39, 0.29) is 12.4 Å². The lowest BCUT2D eigenvalue weighted by atomic mass is 10.0. The van der Waals surface area contributed by atoms with Crippen LogP contribution in [0.3, 0.4) is 0 Å². The molecule has 0 spiro atoms. The predicted molar refractivity (Wildman–Crippen MR) is 93.3 cm³/mol. The molecule has 3 rings (SSSR count). The van der Waals surface area contributed by atoms with E-state index in [9.17, 15) is 4.79 Å². The summed E-state index contributed by atoms with van der Waals surface area (Å²) in [7, 11) is 0. The Morgan fingerprint density at radius 1 is 1.26 bits per heavy atom. The van der Waals surface area contributed by atoms with Crippen LogP contribution in [0.4, 0.5) is 0 Å². The number of esters is 1. The van der Waals surface area contributed by atoms with E-state index in [1.54, 1.807) is 13.2 Å². The van der Waals surface area contributed by atoms with Crippen LogP contribution in [-0.2, 0) is 16.0 Å². The van der Waals surface area contributed by atoms with Gasteiger partial charge < -0.3 is 13.9 Å². The van der Waals surface area contributed by atoms with E-state index < -0.39 is 0 Å². The van der Waals surface area contributed by atoms with Gasteiger partial charge in [0.15, 0.2) is 0 Å². The second-order valence-corrected chi connectivity index (χ2v) is 5.89. The second-order valence-electron chi connectivity index (χ2n) is 5.10. The molecule has 0 bridgehead atoms. The number of furan rings is 1. The zero-order valence-electron chi connectivity index (χ0n) is 12.8. The number of halogens is 1. The molecule has 3 aromatic rings. The highest BCUT2D eigenvalue weighted by molar-refractivity contribution is 9.09. The van der Waals surface area contributed by atoms with Gasteiger partial charge in [-0.3, -0.25) is 4.79 Å². The molecule has 0 radical (unpaired) electrons. The van der Waals surface area contributed by atoms with Crippen LogP contribution in [0.15, 0.2) is 41.0 Å². The lowest BCUT2D eigenvalue weighted by Crippen LogP contribution is -2.07. The molecule has 0 aliphatic heterocycles. The molecule has 4 nitrogen and oxygen atoms in total. The summed E-state index contributed by atoms with van der Waals surface area (Å²) in [5.41, 5.74) is 1.61. The Labute approximate surface area is 142 Å². The van der Waals surface area contributed by atoms with Crippen LogP contribution >= 0.6 is 15.9 Å². The summed E-state index contributed by atoms with van der Waals surface area (Å²) in [6.45, 7) is 2.80. The number of carbonyl (C=O) groups excluding carboxylic acids is 1. The largest absolute Gasteiger partial charge is 0.493 e. The van der Waals surface area contributed by atoms with Crippen LogP contribution in [-0.4, -0.2) is 24.5 Å².